The van der Waals surface area contributed by atoms with E-state index < -0.39 is 5.54 Å². The molecule has 162 valence electrons. The van der Waals surface area contributed by atoms with E-state index >= 15 is 0 Å². The van der Waals surface area contributed by atoms with Gasteiger partial charge in [-0.2, -0.15) is 0 Å². The van der Waals surface area contributed by atoms with E-state index in [1.54, 1.807) is 30.3 Å². The number of benzene rings is 3. The maximum Gasteiger partial charge on any atom is 0.330 e. The van der Waals surface area contributed by atoms with Crippen molar-refractivity contribution in [1.82, 2.24) is 0 Å². The lowest BCUT2D eigenvalue weighted by Crippen LogP contribution is -2.46. The standard InChI is InChI=1S/C26H23Cl2N3O/c1-4-16-26(2)24(18-6-5-7-21(17-18)29-3)30(22-12-8-19(27)9-13-22)25(32)31(26)23-14-10-20(28)11-15-23/h5-15,17,24H,4,16H2,1-2H3/t24-,26+/m0/s1. The third kappa shape index (κ3) is 3.83. The minimum absolute atomic E-state index is 0.121. The lowest BCUT2D eigenvalue weighted by molar-refractivity contribution is 0.253. The van der Waals surface area contributed by atoms with Crippen molar-refractivity contribution in [3.8, 4) is 0 Å². The molecule has 2 atom stereocenters. The monoisotopic (exact) mass is 463 g/mol. The molecule has 0 aromatic heterocycles. The molecule has 0 spiro atoms. The maximum atomic E-state index is 14.0. The largest absolute Gasteiger partial charge is 0.330 e. The Bertz CT molecular complexity index is 1170. The van der Waals surface area contributed by atoms with E-state index in [9.17, 15) is 4.79 Å². The van der Waals surface area contributed by atoms with Crippen molar-refractivity contribution in [2.45, 2.75) is 38.3 Å². The first-order valence-corrected chi connectivity index (χ1v) is 11.3. The van der Waals surface area contributed by atoms with Crippen LogP contribution in [0.4, 0.5) is 21.9 Å². The molecule has 0 bridgehead atoms. The number of amides is 2. The Morgan fingerprint density at radius 1 is 0.969 bits per heavy atom. The van der Waals surface area contributed by atoms with Crippen LogP contribution in [0.25, 0.3) is 4.85 Å². The molecule has 0 aliphatic carbocycles. The van der Waals surface area contributed by atoms with Crippen molar-refractivity contribution in [1.29, 1.82) is 0 Å². The number of anilines is 2. The fourth-order valence-corrected chi connectivity index (χ4v) is 4.97. The Morgan fingerprint density at radius 3 is 2.12 bits per heavy atom. The van der Waals surface area contributed by atoms with Gasteiger partial charge in [0.2, 0.25) is 0 Å². The van der Waals surface area contributed by atoms with Crippen molar-refractivity contribution in [2.24, 2.45) is 0 Å². The van der Waals surface area contributed by atoms with E-state index in [0.717, 1.165) is 29.8 Å². The Morgan fingerprint density at radius 2 is 1.56 bits per heavy atom. The highest BCUT2D eigenvalue weighted by Crippen LogP contribution is 2.50. The molecule has 1 saturated heterocycles. The van der Waals surface area contributed by atoms with Gasteiger partial charge in [0.25, 0.3) is 0 Å². The van der Waals surface area contributed by atoms with Gasteiger partial charge in [-0.15, -0.1) is 0 Å². The average molecular weight is 464 g/mol. The first-order valence-electron chi connectivity index (χ1n) is 10.5. The van der Waals surface area contributed by atoms with Crippen LogP contribution in [0, 0.1) is 6.57 Å². The molecule has 1 fully saturated rings. The van der Waals surface area contributed by atoms with Gasteiger partial charge in [-0.25, -0.2) is 9.64 Å². The van der Waals surface area contributed by atoms with Gasteiger partial charge in [0, 0.05) is 21.4 Å². The minimum Gasteiger partial charge on any atom is -0.286 e. The number of hydrogen-bond acceptors (Lipinski definition) is 1. The smallest absolute Gasteiger partial charge is 0.286 e. The SMILES string of the molecule is [C-]#[N+]c1cccc([C@@H]2N(c3ccc(Cl)cc3)C(=O)N(c3ccc(Cl)cc3)[C@]2(C)CCC)c1. The summed E-state index contributed by atoms with van der Waals surface area (Å²) in [5.41, 5.74) is 2.47. The van der Waals surface area contributed by atoms with Gasteiger partial charge in [0.15, 0.2) is 5.69 Å². The van der Waals surface area contributed by atoms with Crippen LogP contribution in [0.2, 0.25) is 10.0 Å². The molecule has 0 saturated carbocycles. The molecule has 0 N–H and O–H groups in total. The van der Waals surface area contributed by atoms with Crippen LogP contribution >= 0.6 is 23.2 Å². The van der Waals surface area contributed by atoms with Crippen LogP contribution in [0.3, 0.4) is 0 Å². The minimum atomic E-state index is -0.556. The summed E-state index contributed by atoms with van der Waals surface area (Å²) in [4.78, 5) is 21.3. The first kappa shape index (κ1) is 22.2. The van der Waals surface area contributed by atoms with E-state index in [4.69, 9.17) is 29.8 Å². The highest BCUT2D eigenvalue weighted by Gasteiger charge is 2.55. The third-order valence-electron chi connectivity index (χ3n) is 6.02. The number of carbonyl (C=O) groups is 1. The Kier molecular flexibility index (Phi) is 6.15. The van der Waals surface area contributed by atoms with Crippen molar-refractivity contribution in [3.05, 3.63) is 99.8 Å². The number of carbonyl (C=O) groups excluding carboxylic acids is 1. The fraction of sp³-hybridized carbons (Fsp3) is 0.231. The predicted octanol–water partition coefficient (Wildman–Crippen LogP) is 8.29. The molecule has 4 nitrogen and oxygen atoms in total. The molecule has 4 rings (SSSR count). The predicted molar refractivity (Wildman–Crippen MR) is 132 cm³/mol. The summed E-state index contributed by atoms with van der Waals surface area (Å²) in [6, 6.07) is 21.8. The molecule has 3 aromatic rings. The topological polar surface area (TPSA) is 27.9 Å². The molecule has 1 heterocycles. The lowest BCUT2D eigenvalue weighted by Gasteiger charge is -2.39. The van der Waals surface area contributed by atoms with Crippen LogP contribution in [0.1, 0.15) is 38.3 Å². The molecule has 0 unspecified atom stereocenters. The van der Waals surface area contributed by atoms with E-state index in [1.807, 2.05) is 52.3 Å². The second kappa shape index (κ2) is 8.86. The molecule has 3 aromatic carbocycles. The quantitative estimate of drug-likeness (QED) is 0.349. The van der Waals surface area contributed by atoms with Crippen LogP contribution in [0.5, 0.6) is 0 Å². The summed E-state index contributed by atoms with van der Waals surface area (Å²) >= 11 is 12.3. The highest BCUT2D eigenvalue weighted by molar-refractivity contribution is 6.31. The summed E-state index contributed by atoms with van der Waals surface area (Å²) < 4.78 is 0. The molecule has 1 aliphatic rings. The normalized spacial score (nSPS) is 20.5. The van der Waals surface area contributed by atoms with E-state index in [2.05, 4.69) is 18.7 Å². The van der Waals surface area contributed by atoms with Crippen molar-refractivity contribution in [3.63, 3.8) is 0 Å². The fourth-order valence-electron chi connectivity index (χ4n) is 4.72. The second-order valence-electron chi connectivity index (χ2n) is 8.16. The molecule has 6 heteroatoms. The number of hydrogen-bond donors (Lipinski definition) is 0. The summed E-state index contributed by atoms with van der Waals surface area (Å²) in [5.74, 6) is 0. The first-order chi connectivity index (χ1) is 15.4. The van der Waals surface area contributed by atoms with E-state index in [1.165, 1.54) is 0 Å². The zero-order chi connectivity index (χ0) is 22.9. The number of rotatable bonds is 5. The molecular formula is C26H23Cl2N3O. The van der Waals surface area contributed by atoms with Gasteiger partial charge in [-0.3, -0.25) is 9.80 Å². The Labute approximate surface area is 198 Å². The molecule has 32 heavy (non-hydrogen) atoms. The number of urea groups is 1. The van der Waals surface area contributed by atoms with Gasteiger partial charge in [-0.1, -0.05) is 60.8 Å². The maximum absolute atomic E-state index is 14.0. The van der Waals surface area contributed by atoms with E-state index in [-0.39, 0.29) is 12.1 Å². The summed E-state index contributed by atoms with van der Waals surface area (Å²) in [6.07, 6.45) is 1.67. The number of halogens is 2. The number of nitrogens with zero attached hydrogens (tertiary/aromatic N) is 3. The van der Waals surface area contributed by atoms with Crippen molar-refractivity contribution < 1.29 is 4.79 Å². The van der Waals surface area contributed by atoms with Crippen LogP contribution in [0.15, 0.2) is 72.8 Å². The van der Waals surface area contributed by atoms with Crippen LogP contribution in [-0.4, -0.2) is 11.6 Å². The average Bonchev–Trinajstić information content (AvgIpc) is 3.02. The molecular weight excluding hydrogens is 441 g/mol. The zero-order valence-corrected chi connectivity index (χ0v) is 19.4. The second-order valence-corrected chi connectivity index (χ2v) is 9.03. The Hall–Kier alpha value is -3.00. The third-order valence-corrected chi connectivity index (χ3v) is 6.52. The van der Waals surface area contributed by atoms with Crippen molar-refractivity contribution in [2.75, 3.05) is 9.80 Å². The molecule has 2 amide bonds. The summed E-state index contributed by atoms with van der Waals surface area (Å²) in [6.45, 7) is 11.7. The Balaban J connectivity index is 1.95. The van der Waals surface area contributed by atoms with Gasteiger partial charge < -0.3 is 0 Å². The highest BCUT2D eigenvalue weighted by atomic mass is 35.5. The van der Waals surface area contributed by atoms with Crippen LogP contribution in [-0.2, 0) is 0 Å². The zero-order valence-electron chi connectivity index (χ0n) is 17.9. The summed E-state index contributed by atoms with van der Waals surface area (Å²) in [5, 5.41) is 1.23. The molecule has 1 aliphatic heterocycles. The van der Waals surface area contributed by atoms with Gasteiger partial charge in [0.05, 0.1) is 18.2 Å². The summed E-state index contributed by atoms with van der Waals surface area (Å²) in [7, 11) is 0. The van der Waals surface area contributed by atoms with Gasteiger partial charge >= 0.3 is 6.03 Å². The van der Waals surface area contributed by atoms with E-state index in [0.29, 0.717) is 15.7 Å². The van der Waals surface area contributed by atoms with Gasteiger partial charge in [-0.05, 0) is 67.4 Å². The molecule has 0 radical (unpaired) electrons. The lowest BCUT2D eigenvalue weighted by atomic mass is 9.82. The van der Waals surface area contributed by atoms with Crippen molar-refractivity contribution >= 4 is 46.3 Å². The van der Waals surface area contributed by atoms with Gasteiger partial charge in [0.1, 0.15) is 0 Å². The van der Waals surface area contributed by atoms with Crippen LogP contribution < -0.4 is 9.80 Å².